The van der Waals surface area contributed by atoms with Gasteiger partial charge in [-0.2, -0.15) is 0 Å². The zero-order valence-corrected chi connectivity index (χ0v) is 62.3. The van der Waals surface area contributed by atoms with Gasteiger partial charge in [-0.05, 0) is 51.4 Å². The molecule has 0 aromatic rings. The second-order valence-corrected chi connectivity index (χ2v) is 29.9. The van der Waals surface area contributed by atoms with E-state index in [9.17, 15) is 19.0 Å². The Morgan fingerprint density at radius 1 is 0.352 bits per heavy atom. The number of nitrogens with zero attached hydrogens (tertiary/aromatic N) is 1. The summed E-state index contributed by atoms with van der Waals surface area (Å²) in [5.74, 6) is -0.770. The molecule has 536 valence electrons. The number of carbonyl (C=O) groups is 2. The fourth-order valence-electron chi connectivity index (χ4n) is 12.1. The zero-order valence-electron chi connectivity index (χ0n) is 61.4. The molecule has 0 saturated carbocycles. The summed E-state index contributed by atoms with van der Waals surface area (Å²) in [5, 5.41) is 0. The van der Waals surface area contributed by atoms with Crippen LogP contribution in [-0.2, 0) is 32.7 Å². The summed E-state index contributed by atoms with van der Waals surface area (Å²) >= 11 is 0. The number of hydrogen-bond donors (Lipinski definition) is 1. The van der Waals surface area contributed by atoms with Crippen molar-refractivity contribution >= 4 is 19.8 Å². The van der Waals surface area contributed by atoms with Crippen molar-refractivity contribution in [2.75, 3.05) is 47.5 Å². The largest absolute Gasteiger partial charge is 0.472 e. The van der Waals surface area contributed by atoms with E-state index in [1.807, 2.05) is 21.1 Å². The van der Waals surface area contributed by atoms with Crippen LogP contribution >= 0.6 is 7.82 Å². The van der Waals surface area contributed by atoms with Gasteiger partial charge in [0.2, 0.25) is 0 Å². The van der Waals surface area contributed by atoms with Crippen molar-refractivity contribution in [1.29, 1.82) is 0 Å². The quantitative estimate of drug-likeness (QED) is 0.0211. The number of esters is 2. The Bertz CT molecular complexity index is 1670. The lowest BCUT2D eigenvalue weighted by Crippen LogP contribution is -2.37. The molecule has 10 heteroatoms. The smallest absolute Gasteiger partial charge is 0.462 e. The third-order valence-electron chi connectivity index (χ3n) is 18.1. The Morgan fingerprint density at radius 2 is 0.626 bits per heavy atom. The van der Waals surface area contributed by atoms with Gasteiger partial charge in [0, 0.05) is 12.8 Å². The molecule has 0 fully saturated rings. The first-order valence-corrected chi connectivity index (χ1v) is 41.4. The molecule has 0 aliphatic rings. The van der Waals surface area contributed by atoms with Crippen LogP contribution in [0.15, 0.2) is 48.6 Å². The number of unbranched alkanes of at least 4 members (excludes halogenated alkanes) is 53. The summed E-state index contributed by atoms with van der Waals surface area (Å²) in [7, 11) is 1.50. The number of hydrogen-bond acceptors (Lipinski definition) is 7. The van der Waals surface area contributed by atoms with E-state index in [0.717, 1.165) is 57.8 Å². The van der Waals surface area contributed by atoms with E-state index in [4.69, 9.17) is 18.5 Å². The van der Waals surface area contributed by atoms with Gasteiger partial charge in [-0.1, -0.05) is 390 Å². The van der Waals surface area contributed by atoms with Crippen LogP contribution in [-0.4, -0.2) is 74.9 Å². The van der Waals surface area contributed by atoms with E-state index < -0.39 is 26.5 Å². The highest BCUT2D eigenvalue weighted by Crippen LogP contribution is 2.43. The zero-order chi connectivity index (χ0) is 66.2. The number of phosphoric ester groups is 1. The van der Waals surface area contributed by atoms with Gasteiger partial charge in [0.1, 0.15) is 19.8 Å². The van der Waals surface area contributed by atoms with Crippen molar-refractivity contribution in [2.24, 2.45) is 0 Å². The molecule has 9 nitrogen and oxygen atoms in total. The Hall–Kier alpha value is -2.03. The molecule has 0 bridgehead atoms. The number of rotatable bonds is 75. The highest BCUT2D eigenvalue weighted by Gasteiger charge is 2.27. The molecule has 0 rings (SSSR count). The third kappa shape index (κ3) is 76.9. The van der Waals surface area contributed by atoms with Crippen molar-refractivity contribution in [1.82, 2.24) is 0 Å². The van der Waals surface area contributed by atoms with E-state index >= 15 is 0 Å². The first-order valence-electron chi connectivity index (χ1n) is 39.9. The fourth-order valence-corrected chi connectivity index (χ4v) is 12.8. The van der Waals surface area contributed by atoms with Crippen molar-refractivity contribution in [2.45, 2.75) is 412 Å². The predicted molar refractivity (Wildman–Crippen MR) is 395 cm³/mol. The van der Waals surface area contributed by atoms with Crippen LogP contribution in [0, 0.1) is 0 Å². The Morgan fingerprint density at radius 3 is 0.934 bits per heavy atom. The van der Waals surface area contributed by atoms with Crippen LogP contribution in [0.1, 0.15) is 406 Å². The summed E-state index contributed by atoms with van der Waals surface area (Å²) in [6.45, 7) is 4.41. The average molecular weight is 1300 g/mol. The number of quaternary nitrogens is 1. The molecule has 0 aliphatic carbocycles. The normalized spacial score (nSPS) is 13.3. The third-order valence-corrected chi connectivity index (χ3v) is 19.1. The Labute approximate surface area is 566 Å². The summed E-state index contributed by atoms with van der Waals surface area (Å²) < 4.78 is 34.8. The van der Waals surface area contributed by atoms with E-state index in [2.05, 4.69) is 62.5 Å². The Balaban J connectivity index is 3.90. The number of allylic oxidation sites excluding steroid dienone is 8. The summed E-state index contributed by atoms with van der Waals surface area (Å²) in [4.78, 5) is 36.0. The maximum atomic E-state index is 12.9. The highest BCUT2D eigenvalue weighted by molar-refractivity contribution is 7.47. The van der Waals surface area contributed by atoms with Gasteiger partial charge in [-0.25, -0.2) is 4.57 Å². The van der Waals surface area contributed by atoms with Gasteiger partial charge < -0.3 is 18.9 Å². The molecule has 0 aromatic heterocycles. The highest BCUT2D eigenvalue weighted by atomic mass is 31.2. The molecule has 1 N–H and O–H groups in total. The maximum Gasteiger partial charge on any atom is 0.472 e. The molecule has 2 atom stereocenters. The maximum absolute atomic E-state index is 12.9. The number of likely N-dealkylation sites (N-methyl/N-ethyl adjacent to an activating group) is 1. The SMILES string of the molecule is CC/C=C\C/C=C\C/C=C\C/C=C\CCCCCCCCCCCCCCCCCCCCCCCCCCC(=O)OC(COC(=O)CCCCCCCCCCCCCCCCCCCCCCCCCCCCCCCC)COP(=O)(O)OCC[N+](C)(C)C. The van der Waals surface area contributed by atoms with E-state index in [1.165, 1.54) is 315 Å². The number of carbonyl (C=O) groups excluding carboxylic acids is 2. The molecule has 0 aliphatic heterocycles. The summed E-state index contributed by atoms with van der Waals surface area (Å²) in [6, 6.07) is 0. The van der Waals surface area contributed by atoms with Gasteiger partial charge in [-0.3, -0.25) is 18.6 Å². The molecule has 91 heavy (non-hydrogen) atoms. The van der Waals surface area contributed by atoms with E-state index in [-0.39, 0.29) is 25.6 Å². The molecular formula is C81H155NO8P+. The molecular weight excluding hydrogens is 1150 g/mol. The lowest BCUT2D eigenvalue weighted by Gasteiger charge is -2.24. The average Bonchev–Trinajstić information content (AvgIpc) is 3.69. The van der Waals surface area contributed by atoms with Gasteiger partial charge in [0.05, 0.1) is 27.7 Å². The predicted octanol–water partition coefficient (Wildman–Crippen LogP) is 26.3. The molecule has 0 saturated heterocycles. The van der Waals surface area contributed by atoms with Crippen molar-refractivity contribution < 1.29 is 42.1 Å². The van der Waals surface area contributed by atoms with E-state index in [0.29, 0.717) is 23.9 Å². The summed E-state index contributed by atoms with van der Waals surface area (Å²) in [6.07, 6.45) is 95.5. The minimum Gasteiger partial charge on any atom is -0.462 e. The van der Waals surface area contributed by atoms with Crippen molar-refractivity contribution in [3.8, 4) is 0 Å². The van der Waals surface area contributed by atoms with Gasteiger partial charge in [0.15, 0.2) is 6.10 Å². The second kappa shape index (κ2) is 72.2. The molecule has 0 radical (unpaired) electrons. The molecule has 0 spiro atoms. The standard InChI is InChI=1S/C81H154NO8P/c1-6-8-10-12-14-16-18-20-22-24-26-28-30-32-34-36-38-39-40-41-42-43-44-46-48-50-52-54-56-58-60-62-64-66-68-70-72-74-81(84)90-79(78-89-91(85,86)88-76-75-82(3,4)5)77-87-80(83)73-71-69-67-65-63-61-59-57-55-53-51-49-47-45-37-35-33-31-29-27-25-23-21-19-17-15-13-11-9-7-2/h8,10,14,16,20,22,26,28,79H,6-7,9,11-13,15,17-19,21,23-25,27,29-78H2,1-5H3/p+1/b10-8-,16-14-,22-20-,28-26-. The van der Waals surface area contributed by atoms with Crippen LogP contribution in [0.4, 0.5) is 0 Å². The van der Waals surface area contributed by atoms with E-state index in [1.54, 1.807) is 0 Å². The van der Waals surface area contributed by atoms with Crippen molar-refractivity contribution in [3.05, 3.63) is 48.6 Å². The van der Waals surface area contributed by atoms with Gasteiger partial charge >= 0.3 is 19.8 Å². The van der Waals surface area contributed by atoms with Crippen LogP contribution in [0.3, 0.4) is 0 Å². The number of phosphoric acid groups is 1. The minimum atomic E-state index is -4.39. The fraction of sp³-hybridized carbons (Fsp3) is 0.877. The lowest BCUT2D eigenvalue weighted by atomic mass is 10.0. The second-order valence-electron chi connectivity index (χ2n) is 28.4. The molecule has 0 aromatic carbocycles. The molecule has 0 amide bonds. The van der Waals surface area contributed by atoms with Crippen LogP contribution in [0.5, 0.6) is 0 Å². The lowest BCUT2D eigenvalue weighted by molar-refractivity contribution is -0.870. The molecule has 0 heterocycles. The minimum absolute atomic E-state index is 0.0353. The topological polar surface area (TPSA) is 108 Å². The first-order chi connectivity index (χ1) is 44.5. The van der Waals surface area contributed by atoms with Crippen molar-refractivity contribution in [3.63, 3.8) is 0 Å². The van der Waals surface area contributed by atoms with Crippen LogP contribution in [0.25, 0.3) is 0 Å². The van der Waals surface area contributed by atoms with Crippen LogP contribution < -0.4 is 0 Å². The molecule has 2 unspecified atom stereocenters. The monoisotopic (exact) mass is 1300 g/mol. The summed E-state index contributed by atoms with van der Waals surface area (Å²) in [5.41, 5.74) is 0. The van der Waals surface area contributed by atoms with Crippen LogP contribution in [0.2, 0.25) is 0 Å². The first kappa shape index (κ1) is 89.0. The van der Waals surface area contributed by atoms with Gasteiger partial charge in [0.25, 0.3) is 0 Å². The Kier molecular flexibility index (Phi) is 70.6. The van der Waals surface area contributed by atoms with Gasteiger partial charge in [-0.15, -0.1) is 0 Å². The number of ether oxygens (including phenoxy) is 2.